The minimum absolute atomic E-state index is 0.00315. The van der Waals surface area contributed by atoms with Crippen LogP contribution in [0, 0.1) is 5.92 Å². The van der Waals surface area contributed by atoms with E-state index >= 15 is 0 Å². The number of piperazine rings is 1. The standard InChI is InChI=1S/C25H31N3O3/c1-18(2)23(26-19(3)29)25(31)28-16-14-27(15-17-28)24(30)22(20-10-6-4-7-11-20)21-12-8-5-9-13-21/h4-13,18,22-23H,14-17H2,1-3H3,(H,26,29)/t23-/m1/s1. The highest BCUT2D eigenvalue weighted by atomic mass is 16.2. The second-order valence-corrected chi connectivity index (χ2v) is 8.33. The van der Waals surface area contributed by atoms with E-state index in [4.69, 9.17) is 0 Å². The summed E-state index contributed by atoms with van der Waals surface area (Å²) in [4.78, 5) is 41.6. The summed E-state index contributed by atoms with van der Waals surface area (Å²) >= 11 is 0. The molecule has 1 fully saturated rings. The summed E-state index contributed by atoms with van der Waals surface area (Å²) in [5, 5.41) is 2.76. The molecule has 1 aliphatic heterocycles. The molecule has 3 amide bonds. The van der Waals surface area contributed by atoms with Gasteiger partial charge in [0.1, 0.15) is 6.04 Å². The number of hydrogen-bond acceptors (Lipinski definition) is 3. The van der Waals surface area contributed by atoms with E-state index in [-0.39, 0.29) is 29.6 Å². The van der Waals surface area contributed by atoms with Gasteiger partial charge in [0.2, 0.25) is 17.7 Å². The second-order valence-electron chi connectivity index (χ2n) is 8.33. The van der Waals surface area contributed by atoms with Gasteiger partial charge in [-0.1, -0.05) is 74.5 Å². The van der Waals surface area contributed by atoms with Crippen molar-refractivity contribution < 1.29 is 14.4 Å². The van der Waals surface area contributed by atoms with E-state index in [1.165, 1.54) is 6.92 Å². The van der Waals surface area contributed by atoms with Crippen molar-refractivity contribution in [1.29, 1.82) is 0 Å². The van der Waals surface area contributed by atoms with Gasteiger partial charge in [0.15, 0.2) is 0 Å². The predicted molar refractivity (Wildman–Crippen MR) is 120 cm³/mol. The number of carbonyl (C=O) groups excluding carboxylic acids is 3. The average molecular weight is 422 g/mol. The third kappa shape index (κ3) is 5.51. The molecule has 0 spiro atoms. The molecule has 0 saturated carbocycles. The lowest BCUT2D eigenvalue weighted by atomic mass is 9.90. The van der Waals surface area contributed by atoms with Crippen LogP contribution in [0.1, 0.15) is 37.8 Å². The Bertz CT molecular complexity index is 851. The van der Waals surface area contributed by atoms with E-state index in [2.05, 4.69) is 5.32 Å². The molecule has 6 heteroatoms. The van der Waals surface area contributed by atoms with Gasteiger partial charge in [-0.15, -0.1) is 0 Å². The monoisotopic (exact) mass is 421 g/mol. The molecule has 2 aromatic carbocycles. The van der Waals surface area contributed by atoms with Crippen molar-refractivity contribution in [3.63, 3.8) is 0 Å². The fourth-order valence-electron chi connectivity index (χ4n) is 4.03. The zero-order valence-corrected chi connectivity index (χ0v) is 18.5. The molecule has 0 radical (unpaired) electrons. The Balaban J connectivity index is 1.72. The summed E-state index contributed by atoms with van der Waals surface area (Å²) in [5.74, 6) is -0.620. The first-order valence-corrected chi connectivity index (χ1v) is 10.8. The van der Waals surface area contributed by atoms with E-state index in [1.54, 1.807) is 4.90 Å². The van der Waals surface area contributed by atoms with Crippen molar-refractivity contribution in [3.8, 4) is 0 Å². The van der Waals surface area contributed by atoms with Crippen LogP contribution in [0.2, 0.25) is 0 Å². The summed E-state index contributed by atoms with van der Waals surface area (Å²) < 4.78 is 0. The first kappa shape index (κ1) is 22.5. The molecule has 0 aromatic heterocycles. The number of nitrogens with one attached hydrogen (secondary N) is 1. The Morgan fingerprint density at radius 1 is 0.742 bits per heavy atom. The number of benzene rings is 2. The number of hydrogen-bond donors (Lipinski definition) is 1. The maximum absolute atomic E-state index is 13.5. The van der Waals surface area contributed by atoms with Crippen LogP contribution in [0.4, 0.5) is 0 Å². The number of nitrogens with zero attached hydrogens (tertiary/aromatic N) is 2. The highest BCUT2D eigenvalue weighted by Crippen LogP contribution is 2.27. The molecule has 1 aliphatic rings. The summed E-state index contributed by atoms with van der Waals surface area (Å²) in [6.45, 7) is 7.14. The first-order chi connectivity index (χ1) is 14.9. The molecule has 6 nitrogen and oxygen atoms in total. The molecule has 31 heavy (non-hydrogen) atoms. The van der Waals surface area contributed by atoms with Gasteiger partial charge >= 0.3 is 0 Å². The normalized spacial score (nSPS) is 15.1. The molecule has 1 atom stereocenters. The van der Waals surface area contributed by atoms with Gasteiger partial charge in [-0.3, -0.25) is 14.4 Å². The molecule has 164 valence electrons. The Morgan fingerprint density at radius 3 is 1.55 bits per heavy atom. The Labute approximate surface area is 184 Å². The number of rotatable bonds is 6. The van der Waals surface area contributed by atoms with Crippen LogP contribution in [-0.2, 0) is 14.4 Å². The molecule has 0 bridgehead atoms. The van der Waals surface area contributed by atoms with Crippen LogP contribution in [0.15, 0.2) is 60.7 Å². The molecule has 1 saturated heterocycles. The lowest BCUT2D eigenvalue weighted by Gasteiger charge is -2.38. The van der Waals surface area contributed by atoms with E-state index in [1.807, 2.05) is 79.4 Å². The highest BCUT2D eigenvalue weighted by Gasteiger charge is 2.33. The summed E-state index contributed by atoms with van der Waals surface area (Å²) in [7, 11) is 0. The van der Waals surface area contributed by atoms with Crippen molar-refractivity contribution in [2.75, 3.05) is 26.2 Å². The fourth-order valence-corrected chi connectivity index (χ4v) is 4.03. The van der Waals surface area contributed by atoms with Crippen molar-refractivity contribution in [2.24, 2.45) is 5.92 Å². The maximum Gasteiger partial charge on any atom is 0.245 e. The molecular formula is C25H31N3O3. The van der Waals surface area contributed by atoms with Crippen molar-refractivity contribution >= 4 is 17.7 Å². The third-order valence-electron chi connectivity index (χ3n) is 5.71. The van der Waals surface area contributed by atoms with E-state index in [0.29, 0.717) is 26.2 Å². The van der Waals surface area contributed by atoms with Gasteiger partial charge in [0.25, 0.3) is 0 Å². The average Bonchev–Trinajstić information content (AvgIpc) is 2.78. The molecule has 2 aromatic rings. The minimum atomic E-state index is -0.541. The quantitative estimate of drug-likeness (QED) is 0.780. The third-order valence-corrected chi connectivity index (χ3v) is 5.71. The van der Waals surface area contributed by atoms with Crippen molar-refractivity contribution in [1.82, 2.24) is 15.1 Å². The summed E-state index contributed by atoms with van der Waals surface area (Å²) in [6.07, 6.45) is 0. The summed E-state index contributed by atoms with van der Waals surface area (Å²) in [6, 6.07) is 19.1. The first-order valence-electron chi connectivity index (χ1n) is 10.8. The van der Waals surface area contributed by atoms with E-state index < -0.39 is 6.04 Å². The van der Waals surface area contributed by atoms with Crippen LogP contribution < -0.4 is 5.32 Å². The predicted octanol–water partition coefficient (Wildman–Crippen LogP) is 2.65. The molecule has 1 N–H and O–H groups in total. The van der Waals surface area contributed by atoms with Crippen LogP contribution in [0.3, 0.4) is 0 Å². The van der Waals surface area contributed by atoms with Crippen LogP contribution in [0.25, 0.3) is 0 Å². The molecule has 0 aliphatic carbocycles. The van der Waals surface area contributed by atoms with Gasteiger partial charge in [-0.25, -0.2) is 0 Å². The highest BCUT2D eigenvalue weighted by molar-refractivity contribution is 5.89. The molecular weight excluding hydrogens is 390 g/mol. The summed E-state index contributed by atoms with van der Waals surface area (Å²) in [5.41, 5.74) is 1.92. The lowest BCUT2D eigenvalue weighted by Crippen LogP contribution is -2.57. The van der Waals surface area contributed by atoms with Gasteiger partial charge in [-0.05, 0) is 17.0 Å². The van der Waals surface area contributed by atoms with Gasteiger partial charge in [-0.2, -0.15) is 0 Å². The minimum Gasteiger partial charge on any atom is -0.344 e. The van der Waals surface area contributed by atoms with Crippen LogP contribution >= 0.6 is 0 Å². The van der Waals surface area contributed by atoms with Crippen molar-refractivity contribution in [3.05, 3.63) is 71.8 Å². The Morgan fingerprint density at radius 2 is 1.16 bits per heavy atom. The number of carbonyl (C=O) groups is 3. The zero-order chi connectivity index (χ0) is 22.4. The Hall–Kier alpha value is -3.15. The largest absolute Gasteiger partial charge is 0.344 e. The molecule has 0 unspecified atom stereocenters. The van der Waals surface area contributed by atoms with Gasteiger partial charge in [0.05, 0.1) is 5.92 Å². The van der Waals surface area contributed by atoms with Gasteiger partial charge in [0, 0.05) is 33.1 Å². The maximum atomic E-state index is 13.5. The molecule has 1 heterocycles. The second kappa shape index (κ2) is 10.2. The molecule has 3 rings (SSSR count). The lowest BCUT2D eigenvalue weighted by molar-refractivity contribution is -0.142. The fraction of sp³-hybridized carbons (Fsp3) is 0.400. The number of amides is 3. The van der Waals surface area contributed by atoms with Crippen molar-refractivity contribution in [2.45, 2.75) is 32.7 Å². The van der Waals surface area contributed by atoms with E-state index in [0.717, 1.165) is 11.1 Å². The van der Waals surface area contributed by atoms with Crippen LogP contribution in [0.5, 0.6) is 0 Å². The topological polar surface area (TPSA) is 69.7 Å². The Kier molecular flexibility index (Phi) is 7.45. The SMILES string of the molecule is CC(=O)N[C@@H](C(=O)N1CCN(C(=O)C(c2ccccc2)c2ccccc2)CC1)C(C)C. The van der Waals surface area contributed by atoms with E-state index in [9.17, 15) is 14.4 Å². The van der Waals surface area contributed by atoms with Gasteiger partial charge < -0.3 is 15.1 Å². The van der Waals surface area contributed by atoms with Crippen LogP contribution in [-0.4, -0.2) is 59.7 Å². The smallest absolute Gasteiger partial charge is 0.245 e. The zero-order valence-electron chi connectivity index (χ0n) is 18.5.